The van der Waals surface area contributed by atoms with Gasteiger partial charge in [-0.3, -0.25) is 14.6 Å². The number of piperidine rings is 2. The molecule has 14 heteroatoms. The monoisotopic (exact) mass is 620 g/mol. The fraction of sp³-hybridized carbons (Fsp3) is 0.414. The van der Waals surface area contributed by atoms with E-state index in [0.717, 1.165) is 23.1 Å². The standard InChI is InChI=1S/C29H31F3N4O6S/c1-19-17-22(26(38)35-12-7-23(37)8-13-35)6-5-20(19)9-16-43(40,41)36-14-10-28(11-15-36)27(39)33-25(34-28)21-3-2-4-24(18-21)42-29(30,31)32/h2-6,9,16-18,23,37H,7-8,10-15H2,1H3,(H,33,34,39)/b16-9+. The zero-order valence-electron chi connectivity index (χ0n) is 23.3. The Morgan fingerprint density at radius 2 is 1.81 bits per heavy atom. The number of carbonyl (C=O) groups excluding carboxylic acids is 2. The fourth-order valence-corrected chi connectivity index (χ4v) is 6.62. The van der Waals surface area contributed by atoms with E-state index in [2.05, 4.69) is 15.0 Å². The summed E-state index contributed by atoms with van der Waals surface area (Å²) in [6.45, 7) is 2.78. The van der Waals surface area contributed by atoms with E-state index in [-0.39, 0.29) is 49.3 Å². The number of halogens is 3. The quantitative estimate of drug-likeness (QED) is 0.511. The lowest BCUT2D eigenvalue weighted by molar-refractivity contribution is -0.274. The van der Waals surface area contributed by atoms with E-state index < -0.39 is 33.6 Å². The van der Waals surface area contributed by atoms with Crippen molar-refractivity contribution in [1.29, 1.82) is 0 Å². The zero-order valence-corrected chi connectivity index (χ0v) is 24.1. The van der Waals surface area contributed by atoms with Gasteiger partial charge < -0.3 is 20.1 Å². The van der Waals surface area contributed by atoms with Gasteiger partial charge in [0.1, 0.15) is 17.1 Å². The van der Waals surface area contributed by atoms with Gasteiger partial charge in [-0.15, -0.1) is 13.2 Å². The number of amidine groups is 1. The molecule has 0 radical (unpaired) electrons. The average molecular weight is 621 g/mol. The molecule has 0 saturated carbocycles. The lowest BCUT2D eigenvalue weighted by Gasteiger charge is -2.34. The Balaban J connectivity index is 1.23. The van der Waals surface area contributed by atoms with Gasteiger partial charge in [0.05, 0.1) is 6.10 Å². The van der Waals surface area contributed by atoms with Gasteiger partial charge in [0.25, 0.3) is 11.8 Å². The van der Waals surface area contributed by atoms with Crippen LogP contribution in [-0.2, 0) is 14.8 Å². The fourth-order valence-electron chi connectivity index (χ4n) is 5.44. The Morgan fingerprint density at radius 3 is 2.47 bits per heavy atom. The highest BCUT2D eigenvalue weighted by atomic mass is 32.2. The van der Waals surface area contributed by atoms with E-state index in [1.54, 1.807) is 30.0 Å². The second-order valence-corrected chi connectivity index (χ2v) is 12.7. The highest BCUT2D eigenvalue weighted by molar-refractivity contribution is 7.92. The number of nitrogens with one attached hydrogen (secondary N) is 1. The van der Waals surface area contributed by atoms with Crippen LogP contribution in [0.2, 0.25) is 0 Å². The topological polar surface area (TPSA) is 129 Å². The van der Waals surface area contributed by atoms with Crippen LogP contribution >= 0.6 is 0 Å². The van der Waals surface area contributed by atoms with Crippen LogP contribution in [0.25, 0.3) is 6.08 Å². The molecule has 3 aliphatic heterocycles. The Kier molecular flexibility index (Phi) is 8.38. The number of hydrogen-bond acceptors (Lipinski definition) is 7. The number of likely N-dealkylation sites (tertiary alicyclic amines) is 1. The second kappa shape index (κ2) is 11.7. The molecule has 230 valence electrons. The molecule has 0 bridgehead atoms. The molecule has 3 aliphatic rings. The van der Waals surface area contributed by atoms with E-state index in [1.165, 1.54) is 22.5 Å². The van der Waals surface area contributed by atoms with Gasteiger partial charge in [-0.1, -0.05) is 18.2 Å². The number of amides is 2. The molecular weight excluding hydrogens is 589 g/mol. The zero-order chi connectivity index (χ0) is 31.0. The molecule has 2 amide bonds. The summed E-state index contributed by atoms with van der Waals surface area (Å²) >= 11 is 0. The maximum absolute atomic E-state index is 13.1. The smallest absolute Gasteiger partial charge is 0.406 e. The Hall–Kier alpha value is -3.75. The number of ether oxygens (including phenoxy) is 1. The Bertz CT molecular complexity index is 1570. The van der Waals surface area contributed by atoms with Crippen LogP contribution in [0.1, 0.15) is 52.7 Å². The Labute approximate surface area is 246 Å². The molecule has 0 aromatic heterocycles. The second-order valence-electron chi connectivity index (χ2n) is 10.9. The molecular formula is C29H31F3N4O6S. The lowest BCUT2D eigenvalue weighted by atomic mass is 9.89. The molecule has 2 aromatic rings. The predicted molar refractivity (Wildman–Crippen MR) is 152 cm³/mol. The third-order valence-electron chi connectivity index (χ3n) is 7.92. The molecule has 0 atom stereocenters. The van der Waals surface area contributed by atoms with Crippen molar-refractivity contribution in [1.82, 2.24) is 14.5 Å². The molecule has 2 aromatic carbocycles. The first kappa shape index (κ1) is 30.7. The number of sulfonamides is 1. The summed E-state index contributed by atoms with van der Waals surface area (Å²) in [5, 5.41) is 13.4. The van der Waals surface area contributed by atoms with Crippen LogP contribution in [0, 0.1) is 6.92 Å². The summed E-state index contributed by atoms with van der Waals surface area (Å²) in [5.41, 5.74) is 0.856. The third-order valence-corrected chi connectivity index (χ3v) is 9.48. The van der Waals surface area contributed by atoms with Crippen LogP contribution in [0.4, 0.5) is 13.2 Å². The van der Waals surface area contributed by atoms with Crippen LogP contribution in [-0.4, -0.2) is 84.6 Å². The summed E-state index contributed by atoms with van der Waals surface area (Å²) in [7, 11) is -3.85. The van der Waals surface area contributed by atoms with Crippen molar-refractivity contribution in [2.75, 3.05) is 26.2 Å². The van der Waals surface area contributed by atoms with Gasteiger partial charge in [-0.2, -0.15) is 4.31 Å². The van der Waals surface area contributed by atoms with Gasteiger partial charge >= 0.3 is 6.36 Å². The van der Waals surface area contributed by atoms with Crippen molar-refractivity contribution in [3.8, 4) is 5.75 Å². The first-order valence-corrected chi connectivity index (χ1v) is 15.3. The van der Waals surface area contributed by atoms with Gasteiger partial charge in [0.2, 0.25) is 10.0 Å². The highest BCUT2D eigenvalue weighted by Gasteiger charge is 2.47. The number of nitrogens with zero attached hydrogens (tertiary/aromatic N) is 3. The molecule has 2 saturated heterocycles. The average Bonchev–Trinajstić information content (AvgIpc) is 3.27. The molecule has 2 fully saturated rings. The highest BCUT2D eigenvalue weighted by Crippen LogP contribution is 2.33. The van der Waals surface area contributed by atoms with E-state index in [0.29, 0.717) is 37.1 Å². The number of aryl methyl sites for hydroxylation is 1. The van der Waals surface area contributed by atoms with Gasteiger partial charge in [-0.25, -0.2) is 8.42 Å². The van der Waals surface area contributed by atoms with Crippen LogP contribution < -0.4 is 10.1 Å². The Morgan fingerprint density at radius 1 is 1.12 bits per heavy atom. The maximum atomic E-state index is 13.1. The molecule has 0 aliphatic carbocycles. The van der Waals surface area contributed by atoms with Crippen molar-refractivity contribution in [3.05, 3.63) is 70.1 Å². The summed E-state index contributed by atoms with van der Waals surface area (Å²) in [4.78, 5) is 31.9. The molecule has 0 unspecified atom stereocenters. The normalized spacial score (nSPS) is 20.0. The summed E-state index contributed by atoms with van der Waals surface area (Å²) in [6, 6.07) is 10.2. The van der Waals surface area contributed by atoms with Crippen molar-refractivity contribution in [3.63, 3.8) is 0 Å². The number of aliphatic hydroxyl groups is 1. The third kappa shape index (κ3) is 6.92. The molecule has 10 nitrogen and oxygen atoms in total. The maximum Gasteiger partial charge on any atom is 0.573 e. The van der Waals surface area contributed by atoms with Crippen LogP contribution in [0.5, 0.6) is 5.75 Å². The van der Waals surface area contributed by atoms with Crippen LogP contribution in [0.15, 0.2) is 52.9 Å². The van der Waals surface area contributed by atoms with Crippen molar-refractivity contribution in [2.45, 2.75) is 50.6 Å². The van der Waals surface area contributed by atoms with E-state index in [1.807, 2.05) is 0 Å². The number of aliphatic imine (C=N–C) groups is 1. The SMILES string of the molecule is Cc1cc(C(=O)N2CCC(O)CC2)ccc1/C=C/S(=O)(=O)N1CCC2(CC1)N=C(c1cccc(OC(F)(F)F)c1)NC2=O. The van der Waals surface area contributed by atoms with Gasteiger partial charge in [-0.05, 0) is 74.1 Å². The number of aliphatic hydroxyl groups excluding tert-OH is 1. The van der Waals surface area contributed by atoms with Crippen molar-refractivity contribution < 1.29 is 41.0 Å². The number of carbonyl (C=O) groups is 2. The number of alkyl halides is 3. The van der Waals surface area contributed by atoms with Crippen LogP contribution in [0.3, 0.4) is 0 Å². The summed E-state index contributed by atoms with van der Waals surface area (Å²) in [5.74, 6) is -0.924. The summed E-state index contributed by atoms with van der Waals surface area (Å²) < 4.78 is 69.3. The molecule has 1 spiro atoms. The number of hydrogen-bond donors (Lipinski definition) is 2. The molecule has 2 N–H and O–H groups in total. The van der Waals surface area contributed by atoms with E-state index in [4.69, 9.17) is 0 Å². The summed E-state index contributed by atoms with van der Waals surface area (Å²) in [6.07, 6.45) is -2.53. The van der Waals surface area contributed by atoms with Gasteiger partial charge in [0, 0.05) is 42.7 Å². The first-order chi connectivity index (χ1) is 20.2. The molecule has 3 heterocycles. The molecule has 5 rings (SSSR count). The minimum atomic E-state index is -4.87. The van der Waals surface area contributed by atoms with Crippen molar-refractivity contribution >= 4 is 33.7 Å². The number of benzene rings is 2. The van der Waals surface area contributed by atoms with E-state index >= 15 is 0 Å². The van der Waals surface area contributed by atoms with Gasteiger partial charge in [0.15, 0.2) is 0 Å². The van der Waals surface area contributed by atoms with Crippen molar-refractivity contribution in [2.24, 2.45) is 4.99 Å². The molecule has 43 heavy (non-hydrogen) atoms. The lowest BCUT2D eigenvalue weighted by Crippen LogP contribution is -2.50. The van der Waals surface area contributed by atoms with E-state index in [9.17, 15) is 36.3 Å². The predicted octanol–water partition coefficient (Wildman–Crippen LogP) is 3.20. The number of rotatable bonds is 6. The minimum Gasteiger partial charge on any atom is -0.406 e. The minimum absolute atomic E-state index is 0.0189. The first-order valence-electron chi connectivity index (χ1n) is 13.8. The largest absolute Gasteiger partial charge is 0.573 e.